The molecule has 0 amide bonds. The van der Waals surface area contributed by atoms with Crippen LogP contribution in [-0.4, -0.2) is 16.8 Å². The van der Waals surface area contributed by atoms with Gasteiger partial charge in [-0.15, -0.1) is 0 Å². The molecule has 0 saturated heterocycles. The van der Waals surface area contributed by atoms with E-state index >= 15 is 0 Å². The highest BCUT2D eigenvalue weighted by atomic mass is 16.3. The monoisotopic (exact) mass is 138 g/mol. The number of allylic oxidation sites excluding steroid dienone is 3. The summed E-state index contributed by atoms with van der Waals surface area (Å²) in [4.78, 5) is 0. The summed E-state index contributed by atoms with van der Waals surface area (Å²) >= 11 is 0. The van der Waals surface area contributed by atoms with Crippen molar-refractivity contribution >= 4 is 0 Å². The summed E-state index contributed by atoms with van der Waals surface area (Å²) in [6.07, 6.45) is 7.88. The highest BCUT2D eigenvalue weighted by Gasteiger charge is 1.98. The highest BCUT2D eigenvalue weighted by Crippen LogP contribution is 2.08. The Morgan fingerprint density at radius 3 is 2.70 bits per heavy atom. The van der Waals surface area contributed by atoms with Crippen LogP contribution in [0.25, 0.3) is 0 Å². The summed E-state index contributed by atoms with van der Waals surface area (Å²) in [5.41, 5.74) is 0.578. The van der Waals surface area contributed by atoms with Crippen molar-refractivity contribution in [3.05, 3.63) is 35.6 Å². The smallest absolute Gasteiger partial charge is 0.120 e. The molecule has 0 atom stereocenters. The molecule has 0 aromatic heterocycles. The van der Waals surface area contributed by atoms with Crippen LogP contribution in [0.1, 0.15) is 6.42 Å². The molecule has 54 valence electrons. The molecule has 0 aliphatic heterocycles. The quantitative estimate of drug-likeness (QED) is 0.573. The van der Waals surface area contributed by atoms with Crippen LogP contribution in [0.15, 0.2) is 35.6 Å². The van der Waals surface area contributed by atoms with Gasteiger partial charge in [0.15, 0.2) is 0 Å². The van der Waals surface area contributed by atoms with Crippen molar-refractivity contribution in [2.75, 3.05) is 6.61 Å². The molecule has 2 nitrogen and oxygen atoms in total. The van der Waals surface area contributed by atoms with E-state index in [1.807, 2.05) is 12.2 Å². The predicted octanol–water partition coefficient (Wildman–Crippen LogP) is 1.31. The van der Waals surface area contributed by atoms with Gasteiger partial charge in [0.1, 0.15) is 5.76 Å². The Balaban J connectivity index is 2.88. The molecule has 1 aliphatic rings. The number of aliphatic hydroxyl groups is 2. The molecule has 0 spiro atoms. The van der Waals surface area contributed by atoms with Gasteiger partial charge >= 0.3 is 0 Å². The Morgan fingerprint density at radius 1 is 1.30 bits per heavy atom. The topological polar surface area (TPSA) is 40.5 Å². The van der Waals surface area contributed by atoms with Crippen LogP contribution in [0.4, 0.5) is 0 Å². The first-order valence-electron chi connectivity index (χ1n) is 3.20. The first-order valence-corrected chi connectivity index (χ1v) is 3.20. The molecule has 1 aliphatic carbocycles. The van der Waals surface area contributed by atoms with Crippen molar-refractivity contribution in [3.63, 3.8) is 0 Å². The second-order valence-electron chi connectivity index (χ2n) is 2.11. The minimum Gasteiger partial charge on any atom is -0.508 e. The fraction of sp³-hybridized carbons (Fsp3) is 0.250. The molecule has 1 rings (SSSR count). The molecule has 10 heavy (non-hydrogen) atoms. The highest BCUT2D eigenvalue weighted by molar-refractivity contribution is 5.31. The first-order chi connectivity index (χ1) is 4.84. The molecule has 0 bridgehead atoms. The average molecular weight is 138 g/mol. The molecule has 0 radical (unpaired) electrons. The first kappa shape index (κ1) is 7.09. The second kappa shape index (κ2) is 3.22. The lowest BCUT2D eigenvalue weighted by Gasteiger charge is -1.95. The third-order valence-electron chi connectivity index (χ3n) is 1.37. The molecule has 0 aromatic carbocycles. The predicted molar refractivity (Wildman–Crippen MR) is 39.6 cm³/mol. The van der Waals surface area contributed by atoms with Gasteiger partial charge in [-0.05, 0) is 12.5 Å². The van der Waals surface area contributed by atoms with Crippen molar-refractivity contribution in [2.45, 2.75) is 6.42 Å². The van der Waals surface area contributed by atoms with E-state index in [-0.39, 0.29) is 12.4 Å². The van der Waals surface area contributed by atoms with Crippen molar-refractivity contribution in [3.8, 4) is 0 Å². The Kier molecular flexibility index (Phi) is 2.29. The van der Waals surface area contributed by atoms with E-state index in [0.717, 1.165) is 6.42 Å². The van der Waals surface area contributed by atoms with Crippen LogP contribution in [0.3, 0.4) is 0 Å². The third kappa shape index (κ3) is 1.48. The normalized spacial score (nSPS) is 17.7. The van der Waals surface area contributed by atoms with E-state index < -0.39 is 0 Å². The van der Waals surface area contributed by atoms with Crippen molar-refractivity contribution < 1.29 is 10.2 Å². The van der Waals surface area contributed by atoms with E-state index in [2.05, 4.69) is 0 Å². The van der Waals surface area contributed by atoms with Gasteiger partial charge < -0.3 is 10.2 Å². The Bertz CT molecular complexity index is 199. The van der Waals surface area contributed by atoms with E-state index in [0.29, 0.717) is 5.57 Å². The molecule has 2 N–H and O–H groups in total. The van der Waals surface area contributed by atoms with Gasteiger partial charge in [0.25, 0.3) is 0 Å². The van der Waals surface area contributed by atoms with Gasteiger partial charge in [-0.25, -0.2) is 0 Å². The maximum Gasteiger partial charge on any atom is 0.120 e. The zero-order valence-corrected chi connectivity index (χ0v) is 5.62. The molecular formula is C8H10O2. The van der Waals surface area contributed by atoms with Crippen LogP contribution in [0.2, 0.25) is 0 Å². The maximum absolute atomic E-state index is 9.13. The lowest BCUT2D eigenvalue weighted by Crippen LogP contribution is -1.90. The summed E-state index contributed by atoms with van der Waals surface area (Å²) in [5.74, 6) is 0.163. The third-order valence-corrected chi connectivity index (χ3v) is 1.37. The summed E-state index contributed by atoms with van der Waals surface area (Å²) < 4.78 is 0. The minimum absolute atomic E-state index is 0.104. The van der Waals surface area contributed by atoms with Gasteiger partial charge in [0.05, 0.1) is 6.61 Å². The Labute approximate surface area is 59.8 Å². The number of rotatable bonds is 1. The Hall–Kier alpha value is -1.02. The van der Waals surface area contributed by atoms with Gasteiger partial charge in [0.2, 0.25) is 0 Å². The van der Waals surface area contributed by atoms with E-state index in [1.165, 1.54) is 0 Å². The van der Waals surface area contributed by atoms with Crippen LogP contribution >= 0.6 is 0 Å². The molecule has 0 saturated carbocycles. The van der Waals surface area contributed by atoms with Crippen LogP contribution in [0.5, 0.6) is 0 Å². The fourth-order valence-electron chi connectivity index (χ4n) is 0.795. The Morgan fingerprint density at radius 2 is 2.00 bits per heavy atom. The second-order valence-corrected chi connectivity index (χ2v) is 2.11. The van der Waals surface area contributed by atoms with Crippen LogP contribution in [-0.2, 0) is 0 Å². The molecule has 2 heteroatoms. The van der Waals surface area contributed by atoms with Crippen LogP contribution in [0, 0.1) is 0 Å². The summed E-state index contributed by atoms with van der Waals surface area (Å²) in [7, 11) is 0. The van der Waals surface area contributed by atoms with Crippen molar-refractivity contribution in [2.24, 2.45) is 0 Å². The zero-order valence-electron chi connectivity index (χ0n) is 5.62. The van der Waals surface area contributed by atoms with Crippen molar-refractivity contribution in [1.82, 2.24) is 0 Å². The molecule has 0 heterocycles. The lowest BCUT2D eigenvalue weighted by atomic mass is 10.2. The SMILES string of the molecule is OCC1=C(O)C=CCC=C1. The maximum atomic E-state index is 9.13. The molecule has 0 unspecified atom stereocenters. The van der Waals surface area contributed by atoms with E-state index in [1.54, 1.807) is 12.2 Å². The molecule has 0 aromatic rings. The van der Waals surface area contributed by atoms with E-state index in [9.17, 15) is 0 Å². The lowest BCUT2D eigenvalue weighted by molar-refractivity contribution is 0.323. The number of hydrogen-bond acceptors (Lipinski definition) is 2. The van der Waals surface area contributed by atoms with Crippen molar-refractivity contribution in [1.29, 1.82) is 0 Å². The molecule has 0 fully saturated rings. The zero-order chi connectivity index (χ0) is 7.40. The standard InChI is InChI=1S/C8H10O2/c9-6-7-4-2-1-3-5-8(7)10/h2-5,9-10H,1,6H2. The number of hydrogen-bond donors (Lipinski definition) is 2. The van der Waals surface area contributed by atoms with Gasteiger partial charge in [-0.3, -0.25) is 0 Å². The largest absolute Gasteiger partial charge is 0.508 e. The van der Waals surface area contributed by atoms with Crippen LogP contribution < -0.4 is 0 Å². The minimum atomic E-state index is -0.104. The van der Waals surface area contributed by atoms with Gasteiger partial charge in [-0.1, -0.05) is 18.2 Å². The fourth-order valence-corrected chi connectivity index (χ4v) is 0.795. The van der Waals surface area contributed by atoms with Gasteiger partial charge in [-0.2, -0.15) is 0 Å². The summed E-state index contributed by atoms with van der Waals surface area (Å²) in [5, 5.41) is 17.8. The van der Waals surface area contributed by atoms with E-state index in [4.69, 9.17) is 10.2 Å². The molecular weight excluding hydrogens is 128 g/mol. The number of aliphatic hydroxyl groups excluding tert-OH is 2. The van der Waals surface area contributed by atoms with Gasteiger partial charge in [0, 0.05) is 5.57 Å². The average Bonchev–Trinajstić information content (AvgIpc) is 2.13. The summed E-state index contributed by atoms with van der Waals surface area (Å²) in [6.45, 7) is -0.104. The summed E-state index contributed by atoms with van der Waals surface area (Å²) in [6, 6.07) is 0.